The first-order chi connectivity index (χ1) is 10.00. The highest BCUT2D eigenvalue weighted by Crippen LogP contribution is 2.36. The van der Waals surface area contributed by atoms with Crippen LogP contribution in [0.2, 0.25) is 0 Å². The third-order valence-corrected chi connectivity index (χ3v) is 5.40. The van der Waals surface area contributed by atoms with E-state index in [4.69, 9.17) is 0 Å². The van der Waals surface area contributed by atoms with Crippen molar-refractivity contribution in [2.24, 2.45) is 0 Å². The fourth-order valence-corrected chi connectivity index (χ4v) is 4.00. The van der Waals surface area contributed by atoms with E-state index in [-0.39, 0.29) is 11.4 Å². The highest BCUT2D eigenvalue weighted by Gasteiger charge is 2.32. The van der Waals surface area contributed by atoms with Crippen LogP contribution in [0.3, 0.4) is 0 Å². The molecule has 0 amide bonds. The molecule has 0 radical (unpaired) electrons. The van der Waals surface area contributed by atoms with Crippen LogP contribution in [-0.2, 0) is 10.0 Å². The smallest absolute Gasteiger partial charge is 0.264 e. The summed E-state index contributed by atoms with van der Waals surface area (Å²) in [7, 11) is -3.76. The maximum atomic E-state index is 13.0. The number of fused-ring (bicyclic) bond motifs is 1. The number of rotatable bonds is 2. The second-order valence-electron chi connectivity index (χ2n) is 4.89. The van der Waals surface area contributed by atoms with E-state index in [1.807, 2.05) is 0 Å². The van der Waals surface area contributed by atoms with Crippen molar-refractivity contribution in [1.29, 1.82) is 0 Å². The van der Waals surface area contributed by atoms with Crippen molar-refractivity contribution in [3.8, 4) is 0 Å². The van der Waals surface area contributed by atoms with E-state index in [2.05, 4.69) is 0 Å². The Bertz CT molecular complexity index is 759. The second kappa shape index (κ2) is 5.13. The standard InChI is InChI=1S/C15H14FNO3S/c16-11-5-7-12(8-6-11)21(19,20)17-10-9-15(18)13-3-1-2-4-14(13)17/h1-8,15,18H,9-10H2. The van der Waals surface area contributed by atoms with Crippen LogP contribution in [0, 0.1) is 5.82 Å². The van der Waals surface area contributed by atoms with Gasteiger partial charge >= 0.3 is 0 Å². The van der Waals surface area contributed by atoms with E-state index < -0.39 is 21.9 Å². The summed E-state index contributed by atoms with van der Waals surface area (Å²) in [6, 6.07) is 11.6. The first-order valence-electron chi connectivity index (χ1n) is 6.55. The fraction of sp³-hybridized carbons (Fsp3) is 0.200. The highest BCUT2D eigenvalue weighted by molar-refractivity contribution is 7.92. The number of aliphatic hydroxyl groups excluding tert-OH is 1. The van der Waals surface area contributed by atoms with Crippen LogP contribution in [-0.4, -0.2) is 20.1 Å². The number of benzene rings is 2. The summed E-state index contributed by atoms with van der Waals surface area (Å²) in [4.78, 5) is 0.0371. The summed E-state index contributed by atoms with van der Waals surface area (Å²) in [5.41, 5.74) is 1.06. The monoisotopic (exact) mass is 307 g/mol. The van der Waals surface area contributed by atoms with Crippen molar-refractivity contribution in [2.45, 2.75) is 17.4 Å². The Morgan fingerprint density at radius 3 is 2.48 bits per heavy atom. The normalized spacial score (nSPS) is 18.4. The SMILES string of the molecule is O=S(=O)(c1ccc(F)cc1)N1CCC(O)c2ccccc21. The average Bonchev–Trinajstić information content (AvgIpc) is 2.48. The Morgan fingerprint density at radius 2 is 1.76 bits per heavy atom. The molecule has 1 N–H and O–H groups in total. The lowest BCUT2D eigenvalue weighted by atomic mass is 10.0. The van der Waals surface area contributed by atoms with E-state index in [9.17, 15) is 17.9 Å². The van der Waals surface area contributed by atoms with Crippen LogP contribution in [0.4, 0.5) is 10.1 Å². The minimum Gasteiger partial charge on any atom is -0.388 e. The minimum atomic E-state index is -3.76. The Kier molecular flexibility index (Phi) is 3.43. The van der Waals surface area contributed by atoms with Crippen LogP contribution in [0.25, 0.3) is 0 Å². The van der Waals surface area contributed by atoms with Gasteiger partial charge in [0.1, 0.15) is 5.82 Å². The Labute approximate surface area is 122 Å². The van der Waals surface area contributed by atoms with Gasteiger partial charge in [0.05, 0.1) is 16.7 Å². The van der Waals surface area contributed by atoms with Gasteiger partial charge in [-0.2, -0.15) is 0 Å². The fourth-order valence-electron chi connectivity index (χ4n) is 2.50. The number of hydrogen-bond donors (Lipinski definition) is 1. The van der Waals surface area contributed by atoms with Crippen molar-refractivity contribution in [1.82, 2.24) is 0 Å². The van der Waals surface area contributed by atoms with Crippen molar-refractivity contribution in [3.05, 3.63) is 59.9 Å². The summed E-state index contributed by atoms with van der Waals surface area (Å²) in [6.45, 7) is 0.192. The summed E-state index contributed by atoms with van der Waals surface area (Å²) < 4.78 is 39.6. The third-order valence-electron chi connectivity index (χ3n) is 3.57. The average molecular weight is 307 g/mol. The molecule has 2 aromatic carbocycles. The molecule has 3 rings (SSSR count). The zero-order valence-corrected chi connectivity index (χ0v) is 11.9. The van der Waals surface area contributed by atoms with Gasteiger partial charge in [0.15, 0.2) is 0 Å². The minimum absolute atomic E-state index is 0.0371. The van der Waals surface area contributed by atoms with Crippen LogP contribution < -0.4 is 4.31 Å². The molecule has 0 aliphatic carbocycles. The number of anilines is 1. The summed E-state index contributed by atoms with van der Waals surface area (Å²) >= 11 is 0. The van der Waals surface area contributed by atoms with Gasteiger partial charge in [-0.25, -0.2) is 12.8 Å². The van der Waals surface area contributed by atoms with E-state index in [1.54, 1.807) is 24.3 Å². The molecular weight excluding hydrogens is 293 g/mol. The van der Waals surface area contributed by atoms with Crippen molar-refractivity contribution < 1.29 is 17.9 Å². The van der Waals surface area contributed by atoms with Gasteiger partial charge in [-0.05, 0) is 36.8 Å². The lowest BCUT2D eigenvalue weighted by molar-refractivity contribution is 0.166. The van der Waals surface area contributed by atoms with Gasteiger partial charge in [0.25, 0.3) is 10.0 Å². The topological polar surface area (TPSA) is 57.6 Å². The molecule has 21 heavy (non-hydrogen) atoms. The number of aliphatic hydroxyl groups is 1. The van der Waals surface area contributed by atoms with Crippen LogP contribution in [0.15, 0.2) is 53.4 Å². The molecule has 0 saturated carbocycles. The van der Waals surface area contributed by atoms with E-state index in [0.717, 1.165) is 12.1 Å². The molecule has 6 heteroatoms. The first-order valence-corrected chi connectivity index (χ1v) is 7.99. The molecular formula is C15H14FNO3S. The molecule has 1 unspecified atom stereocenters. The van der Waals surface area contributed by atoms with E-state index in [0.29, 0.717) is 17.7 Å². The molecule has 0 aromatic heterocycles. The summed E-state index contributed by atoms with van der Waals surface area (Å²) in [6.07, 6.45) is -0.335. The molecule has 1 aliphatic rings. The Balaban J connectivity index is 2.08. The maximum absolute atomic E-state index is 13.0. The van der Waals surface area contributed by atoms with Gasteiger partial charge in [-0.15, -0.1) is 0 Å². The van der Waals surface area contributed by atoms with Crippen LogP contribution in [0.1, 0.15) is 18.1 Å². The Morgan fingerprint density at radius 1 is 1.10 bits per heavy atom. The third kappa shape index (κ3) is 2.41. The highest BCUT2D eigenvalue weighted by atomic mass is 32.2. The number of halogens is 1. The van der Waals surface area contributed by atoms with Gasteiger partial charge < -0.3 is 5.11 Å². The van der Waals surface area contributed by atoms with Gasteiger partial charge in [0, 0.05) is 12.1 Å². The molecule has 1 heterocycles. The predicted molar refractivity (Wildman–Crippen MR) is 77.0 cm³/mol. The van der Waals surface area contributed by atoms with E-state index >= 15 is 0 Å². The lowest BCUT2D eigenvalue weighted by Gasteiger charge is -2.32. The van der Waals surface area contributed by atoms with Crippen molar-refractivity contribution in [3.63, 3.8) is 0 Å². The largest absolute Gasteiger partial charge is 0.388 e. The number of hydrogen-bond acceptors (Lipinski definition) is 3. The van der Waals surface area contributed by atoms with Crippen LogP contribution in [0.5, 0.6) is 0 Å². The molecule has 1 atom stereocenters. The lowest BCUT2D eigenvalue weighted by Crippen LogP contribution is -2.36. The Hall–Kier alpha value is -1.92. The maximum Gasteiger partial charge on any atom is 0.264 e. The molecule has 0 fully saturated rings. The number of para-hydroxylation sites is 1. The quantitative estimate of drug-likeness (QED) is 0.927. The summed E-state index contributed by atoms with van der Waals surface area (Å²) in [5.74, 6) is -0.483. The van der Waals surface area contributed by atoms with Gasteiger partial charge in [0.2, 0.25) is 0 Å². The van der Waals surface area contributed by atoms with Gasteiger partial charge in [-0.1, -0.05) is 18.2 Å². The van der Waals surface area contributed by atoms with Crippen LogP contribution >= 0.6 is 0 Å². The zero-order valence-electron chi connectivity index (χ0n) is 11.1. The van der Waals surface area contributed by atoms with Gasteiger partial charge in [-0.3, -0.25) is 4.31 Å². The summed E-state index contributed by atoms with van der Waals surface area (Å²) in [5, 5.41) is 9.98. The van der Waals surface area contributed by atoms with E-state index in [1.165, 1.54) is 16.4 Å². The van der Waals surface area contributed by atoms with Crippen molar-refractivity contribution >= 4 is 15.7 Å². The number of nitrogens with zero attached hydrogens (tertiary/aromatic N) is 1. The molecule has 4 nitrogen and oxygen atoms in total. The zero-order chi connectivity index (χ0) is 15.0. The first kappa shape index (κ1) is 14.0. The number of sulfonamides is 1. The molecule has 1 aliphatic heterocycles. The molecule has 0 saturated heterocycles. The van der Waals surface area contributed by atoms with Crippen molar-refractivity contribution in [2.75, 3.05) is 10.8 Å². The molecule has 110 valence electrons. The molecule has 2 aromatic rings. The predicted octanol–water partition coefficient (Wildman–Crippen LogP) is 2.46. The molecule has 0 bridgehead atoms. The molecule has 0 spiro atoms. The second-order valence-corrected chi connectivity index (χ2v) is 6.76.